The predicted octanol–water partition coefficient (Wildman–Crippen LogP) is 1.92. The molecule has 1 aromatic carbocycles. The van der Waals surface area contributed by atoms with Crippen LogP contribution in [-0.2, 0) is 18.4 Å². The van der Waals surface area contributed by atoms with Crippen LogP contribution in [0.25, 0.3) is 0 Å². The van der Waals surface area contributed by atoms with E-state index in [0.717, 1.165) is 0 Å². The van der Waals surface area contributed by atoms with Gasteiger partial charge >= 0.3 is 5.97 Å². The molecule has 1 aromatic heterocycles. The minimum atomic E-state index is -0.513. The second-order valence-electron chi connectivity index (χ2n) is 3.57. The van der Waals surface area contributed by atoms with E-state index in [4.69, 9.17) is 4.74 Å². The number of halogens is 1. The molecule has 5 heteroatoms. The Morgan fingerprint density at radius 1 is 1.47 bits per heavy atom. The Morgan fingerprint density at radius 3 is 2.88 bits per heavy atom. The van der Waals surface area contributed by atoms with Gasteiger partial charge in [0, 0.05) is 18.8 Å². The molecule has 4 nitrogen and oxygen atoms in total. The first-order chi connectivity index (χ1) is 8.16. The maximum Gasteiger partial charge on any atom is 0.341 e. The number of hydrogen-bond donors (Lipinski definition) is 0. The third-order valence-corrected chi connectivity index (χ3v) is 2.26. The van der Waals surface area contributed by atoms with Gasteiger partial charge in [-0.15, -0.1) is 0 Å². The largest absolute Gasteiger partial charge is 0.457 e. The zero-order valence-electron chi connectivity index (χ0n) is 9.26. The van der Waals surface area contributed by atoms with Crippen molar-refractivity contribution in [3.63, 3.8) is 0 Å². The molecule has 0 bridgehead atoms. The molecule has 1 heterocycles. The van der Waals surface area contributed by atoms with Crippen molar-refractivity contribution >= 4 is 5.97 Å². The van der Waals surface area contributed by atoms with E-state index < -0.39 is 5.97 Å². The van der Waals surface area contributed by atoms with Gasteiger partial charge in [0.1, 0.15) is 12.4 Å². The lowest BCUT2D eigenvalue weighted by molar-refractivity contribution is 0.0469. The highest BCUT2D eigenvalue weighted by Gasteiger charge is 2.10. The van der Waals surface area contributed by atoms with Crippen molar-refractivity contribution in [3.8, 4) is 0 Å². The Hall–Kier alpha value is -2.17. The molecule has 0 aliphatic heterocycles. The molecule has 0 saturated carbocycles. The number of hydrogen-bond acceptors (Lipinski definition) is 3. The fourth-order valence-corrected chi connectivity index (χ4v) is 1.37. The van der Waals surface area contributed by atoms with E-state index in [1.165, 1.54) is 16.9 Å². The van der Waals surface area contributed by atoms with Crippen LogP contribution in [0.15, 0.2) is 36.7 Å². The van der Waals surface area contributed by atoms with Crippen molar-refractivity contribution < 1.29 is 13.9 Å². The van der Waals surface area contributed by atoms with Crippen molar-refractivity contribution in [3.05, 3.63) is 53.6 Å². The summed E-state index contributed by atoms with van der Waals surface area (Å²) in [4.78, 5) is 11.5. The Labute approximate surface area is 97.6 Å². The zero-order valence-corrected chi connectivity index (χ0v) is 9.26. The van der Waals surface area contributed by atoms with E-state index in [9.17, 15) is 9.18 Å². The van der Waals surface area contributed by atoms with Gasteiger partial charge in [0.15, 0.2) is 0 Å². The number of aromatic nitrogens is 2. The quantitative estimate of drug-likeness (QED) is 0.762. The molecule has 2 aromatic rings. The second kappa shape index (κ2) is 4.78. The highest BCUT2D eigenvalue weighted by Crippen LogP contribution is 2.09. The van der Waals surface area contributed by atoms with E-state index in [0.29, 0.717) is 11.1 Å². The van der Waals surface area contributed by atoms with Gasteiger partial charge in [0.05, 0.1) is 11.8 Å². The second-order valence-corrected chi connectivity index (χ2v) is 3.57. The van der Waals surface area contributed by atoms with E-state index in [1.54, 1.807) is 31.4 Å². The topological polar surface area (TPSA) is 44.1 Å². The molecular weight excluding hydrogens is 223 g/mol. The number of carbonyl (C=O) groups is 1. The Balaban J connectivity index is 1.99. The molecule has 0 atom stereocenters. The molecule has 0 N–H and O–H groups in total. The van der Waals surface area contributed by atoms with Crippen LogP contribution in [0.2, 0.25) is 0 Å². The summed E-state index contributed by atoms with van der Waals surface area (Å²) in [5, 5.41) is 3.85. The van der Waals surface area contributed by atoms with Crippen LogP contribution in [0.3, 0.4) is 0 Å². The molecule has 0 amide bonds. The number of ether oxygens (including phenoxy) is 1. The average molecular weight is 234 g/mol. The monoisotopic (exact) mass is 234 g/mol. The van der Waals surface area contributed by atoms with Crippen LogP contribution in [0.1, 0.15) is 15.9 Å². The number of benzene rings is 1. The van der Waals surface area contributed by atoms with Crippen LogP contribution >= 0.6 is 0 Å². The Morgan fingerprint density at radius 2 is 2.24 bits per heavy atom. The molecule has 0 aliphatic carbocycles. The lowest BCUT2D eigenvalue weighted by Gasteiger charge is -2.04. The first-order valence-corrected chi connectivity index (χ1v) is 5.06. The standard InChI is InChI=1S/C12H11FN2O2/c1-15-7-10(6-14-15)12(16)17-8-9-4-2-3-5-11(9)13/h2-7H,8H2,1H3. The van der Waals surface area contributed by atoms with E-state index in [-0.39, 0.29) is 12.4 Å². The summed E-state index contributed by atoms with van der Waals surface area (Å²) in [7, 11) is 1.70. The normalized spacial score (nSPS) is 10.2. The van der Waals surface area contributed by atoms with Crippen LogP contribution in [0, 0.1) is 5.82 Å². The first kappa shape index (κ1) is 11.3. The van der Waals surface area contributed by atoms with Gasteiger partial charge in [-0.2, -0.15) is 5.10 Å². The fourth-order valence-electron chi connectivity index (χ4n) is 1.37. The van der Waals surface area contributed by atoms with Gasteiger partial charge in [0.2, 0.25) is 0 Å². The summed E-state index contributed by atoms with van der Waals surface area (Å²) in [6.07, 6.45) is 2.95. The van der Waals surface area contributed by atoms with E-state index >= 15 is 0 Å². The minimum Gasteiger partial charge on any atom is -0.457 e. The molecule has 2 rings (SSSR count). The predicted molar refractivity (Wildman–Crippen MR) is 58.7 cm³/mol. The van der Waals surface area contributed by atoms with Gasteiger partial charge in [-0.3, -0.25) is 4.68 Å². The van der Waals surface area contributed by atoms with Gasteiger partial charge in [0.25, 0.3) is 0 Å². The summed E-state index contributed by atoms with van der Waals surface area (Å²) in [6.45, 7) is -0.0829. The average Bonchev–Trinajstić information content (AvgIpc) is 2.74. The molecule has 0 saturated heterocycles. The van der Waals surface area contributed by atoms with Crippen molar-refractivity contribution in [2.45, 2.75) is 6.61 Å². The van der Waals surface area contributed by atoms with Gasteiger partial charge < -0.3 is 4.74 Å². The summed E-state index contributed by atoms with van der Waals surface area (Å²) < 4.78 is 19.7. The van der Waals surface area contributed by atoms with Crippen molar-refractivity contribution in [2.24, 2.45) is 7.05 Å². The maximum atomic E-state index is 13.2. The van der Waals surface area contributed by atoms with Crippen LogP contribution in [0.5, 0.6) is 0 Å². The molecule has 0 radical (unpaired) electrons. The molecule has 0 aliphatic rings. The summed E-state index contributed by atoms with van der Waals surface area (Å²) >= 11 is 0. The van der Waals surface area contributed by atoms with Crippen LogP contribution in [0.4, 0.5) is 4.39 Å². The highest BCUT2D eigenvalue weighted by molar-refractivity contribution is 5.88. The zero-order chi connectivity index (χ0) is 12.3. The molecular formula is C12H11FN2O2. The van der Waals surface area contributed by atoms with E-state index in [1.807, 2.05) is 0 Å². The SMILES string of the molecule is Cn1cc(C(=O)OCc2ccccc2F)cn1. The number of esters is 1. The van der Waals surface area contributed by atoms with Crippen LogP contribution in [-0.4, -0.2) is 15.7 Å². The first-order valence-electron chi connectivity index (χ1n) is 5.06. The highest BCUT2D eigenvalue weighted by atomic mass is 19.1. The molecule has 0 fully saturated rings. The maximum absolute atomic E-state index is 13.2. The molecule has 0 unspecified atom stereocenters. The lowest BCUT2D eigenvalue weighted by atomic mass is 10.2. The molecule has 17 heavy (non-hydrogen) atoms. The molecule has 0 spiro atoms. The Kier molecular flexibility index (Phi) is 3.18. The van der Waals surface area contributed by atoms with Crippen molar-refractivity contribution in [1.82, 2.24) is 9.78 Å². The van der Waals surface area contributed by atoms with Gasteiger partial charge in [-0.05, 0) is 6.07 Å². The van der Waals surface area contributed by atoms with Gasteiger partial charge in [-0.1, -0.05) is 18.2 Å². The van der Waals surface area contributed by atoms with Gasteiger partial charge in [-0.25, -0.2) is 9.18 Å². The van der Waals surface area contributed by atoms with Crippen LogP contribution < -0.4 is 0 Å². The summed E-state index contributed by atoms with van der Waals surface area (Å²) in [5.74, 6) is -0.896. The minimum absolute atomic E-state index is 0.0829. The summed E-state index contributed by atoms with van der Waals surface area (Å²) in [5.41, 5.74) is 0.702. The smallest absolute Gasteiger partial charge is 0.341 e. The fraction of sp³-hybridized carbons (Fsp3) is 0.167. The third kappa shape index (κ3) is 2.69. The van der Waals surface area contributed by atoms with Crippen molar-refractivity contribution in [2.75, 3.05) is 0 Å². The Bertz CT molecular complexity index is 537. The summed E-state index contributed by atoms with van der Waals surface area (Å²) in [6, 6.07) is 6.18. The number of nitrogens with zero attached hydrogens (tertiary/aromatic N) is 2. The van der Waals surface area contributed by atoms with Crippen molar-refractivity contribution in [1.29, 1.82) is 0 Å². The number of aryl methyl sites for hydroxylation is 1. The third-order valence-electron chi connectivity index (χ3n) is 2.26. The lowest BCUT2D eigenvalue weighted by Crippen LogP contribution is -2.05. The molecule has 88 valence electrons. The number of rotatable bonds is 3. The number of carbonyl (C=O) groups excluding carboxylic acids is 1. The van der Waals surface area contributed by atoms with E-state index in [2.05, 4.69) is 5.10 Å².